The van der Waals surface area contributed by atoms with E-state index in [2.05, 4.69) is 19.4 Å². The van der Waals surface area contributed by atoms with Crippen LogP contribution < -0.4 is 0 Å². The third kappa shape index (κ3) is 2.36. The van der Waals surface area contributed by atoms with Crippen molar-refractivity contribution in [3.05, 3.63) is 30.7 Å². The predicted molar refractivity (Wildman–Crippen MR) is 42.6 cm³/mol. The predicted octanol–water partition coefficient (Wildman–Crippen LogP) is 2.11. The first-order chi connectivity index (χ1) is 4.93. The maximum Gasteiger partial charge on any atom is 0.0828 e. The van der Waals surface area contributed by atoms with Crippen molar-refractivity contribution in [2.75, 3.05) is 6.61 Å². The molecule has 0 aromatic heterocycles. The number of hydrogen-bond acceptors (Lipinski definition) is 1. The molecule has 0 aromatic rings. The molecule has 55 valence electrons. The first-order valence-electron chi connectivity index (χ1n) is 3.73. The van der Waals surface area contributed by atoms with E-state index in [1.807, 2.05) is 18.2 Å². The maximum atomic E-state index is 5.44. The summed E-state index contributed by atoms with van der Waals surface area (Å²) in [5, 5.41) is 0. The van der Waals surface area contributed by atoms with Crippen LogP contribution in [0.4, 0.5) is 0 Å². The van der Waals surface area contributed by atoms with Gasteiger partial charge in [-0.15, -0.1) is 0 Å². The first kappa shape index (κ1) is 7.55. The normalized spacial score (nSPS) is 23.5. The van der Waals surface area contributed by atoms with Gasteiger partial charge in [-0.2, -0.15) is 0 Å². The Morgan fingerprint density at radius 3 is 2.80 bits per heavy atom. The van der Waals surface area contributed by atoms with E-state index in [-0.39, 0.29) is 6.10 Å². The molecule has 1 radical (unpaired) electrons. The lowest BCUT2D eigenvalue weighted by Gasteiger charge is -2.12. The highest BCUT2D eigenvalue weighted by molar-refractivity contribution is 5.20. The number of rotatable bonds is 3. The third-order valence-electron chi connectivity index (χ3n) is 1.34. The van der Waals surface area contributed by atoms with Gasteiger partial charge in [0.1, 0.15) is 0 Å². The maximum absolute atomic E-state index is 5.44. The lowest BCUT2D eigenvalue weighted by molar-refractivity contribution is 0.108. The smallest absolute Gasteiger partial charge is 0.0828 e. The van der Waals surface area contributed by atoms with Crippen molar-refractivity contribution >= 4 is 0 Å². The molecule has 10 heavy (non-hydrogen) atoms. The highest BCUT2D eigenvalue weighted by Crippen LogP contribution is 2.05. The van der Waals surface area contributed by atoms with E-state index in [4.69, 9.17) is 4.74 Å². The van der Waals surface area contributed by atoms with Gasteiger partial charge >= 0.3 is 0 Å². The molecular weight excluding hydrogens is 124 g/mol. The molecule has 0 amide bonds. The van der Waals surface area contributed by atoms with Crippen LogP contribution in [0.5, 0.6) is 0 Å². The number of allylic oxidation sites excluding steroid dienone is 2. The van der Waals surface area contributed by atoms with E-state index in [0.717, 1.165) is 13.0 Å². The van der Waals surface area contributed by atoms with E-state index >= 15 is 0 Å². The highest BCUT2D eigenvalue weighted by Gasteiger charge is 2.03. The monoisotopic (exact) mass is 137 g/mol. The van der Waals surface area contributed by atoms with Gasteiger partial charge in [-0.1, -0.05) is 31.2 Å². The van der Waals surface area contributed by atoms with Crippen LogP contribution in [0.1, 0.15) is 13.3 Å². The zero-order valence-corrected chi connectivity index (χ0v) is 6.29. The van der Waals surface area contributed by atoms with Gasteiger partial charge in [0.25, 0.3) is 0 Å². The van der Waals surface area contributed by atoms with Gasteiger partial charge < -0.3 is 4.74 Å². The molecule has 0 bridgehead atoms. The van der Waals surface area contributed by atoms with Gasteiger partial charge in [0.15, 0.2) is 0 Å². The fourth-order valence-electron chi connectivity index (χ4n) is 0.841. The van der Waals surface area contributed by atoms with Crippen molar-refractivity contribution in [1.29, 1.82) is 0 Å². The fourth-order valence-corrected chi connectivity index (χ4v) is 0.841. The SMILES string of the molecule is CCCOC1[CH]C=CC=C1. The van der Waals surface area contributed by atoms with E-state index < -0.39 is 0 Å². The Kier molecular flexibility index (Phi) is 3.23. The summed E-state index contributed by atoms with van der Waals surface area (Å²) in [7, 11) is 0. The van der Waals surface area contributed by atoms with Crippen LogP contribution in [0.15, 0.2) is 24.3 Å². The van der Waals surface area contributed by atoms with Crippen molar-refractivity contribution < 1.29 is 4.74 Å². The van der Waals surface area contributed by atoms with E-state index in [1.54, 1.807) is 0 Å². The lowest BCUT2D eigenvalue weighted by Crippen LogP contribution is -2.11. The van der Waals surface area contributed by atoms with Crippen molar-refractivity contribution in [3.8, 4) is 0 Å². The molecule has 0 aromatic carbocycles. The van der Waals surface area contributed by atoms with Crippen LogP contribution in [0.25, 0.3) is 0 Å². The average molecular weight is 137 g/mol. The van der Waals surface area contributed by atoms with E-state index in [9.17, 15) is 0 Å². The summed E-state index contributed by atoms with van der Waals surface area (Å²) in [4.78, 5) is 0. The molecule has 1 heteroatoms. The van der Waals surface area contributed by atoms with Gasteiger partial charge in [-0.05, 0) is 6.42 Å². The summed E-state index contributed by atoms with van der Waals surface area (Å²) in [6, 6.07) is 0. The summed E-state index contributed by atoms with van der Waals surface area (Å²) in [6.45, 7) is 2.96. The first-order valence-corrected chi connectivity index (χ1v) is 3.73. The van der Waals surface area contributed by atoms with Crippen LogP contribution in [0, 0.1) is 6.42 Å². The van der Waals surface area contributed by atoms with Crippen LogP contribution in [-0.2, 0) is 4.74 Å². The Bertz CT molecular complexity index is 136. The molecule has 0 N–H and O–H groups in total. The van der Waals surface area contributed by atoms with Crippen LogP contribution in [-0.4, -0.2) is 12.7 Å². The minimum Gasteiger partial charge on any atom is -0.374 e. The molecular formula is C9H13O. The molecule has 0 saturated carbocycles. The van der Waals surface area contributed by atoms with Crippen LogP contribution in [0.3, 0.4) is 0 Å². The zero-order valence-electron chi connectivity index (χ0n) is 6.29. The number of hydrogen-bond donors (Lipinski definition) is 0. The van der Waals surface area contributed by atoms with Gasteiger partial charge in [-0.3, -0.25) is 0 Å². The summed E-state index contributed by atoms with van der Waals surface area (Å²) < 4.78 is 5.44. The van der Waals surface area contributed by atoms with Gasteiger partial charge in [-0.25, -0.2) is 0 Å². The molecule has 0 aliphatic heterocycles. The Morgan fingerprint density at radius 1 is 1.30 bits per heavy atom. The Morgan fingerprint density at radius 2 is 2.20 bits per heavy atom. The van der Waals surface area contributed by atoms with Crippen LogP contribution in [0.2, 0.25) is 0 Å². The van der Waals surface area contributed by atoms with Crippen molar-refractivity contribution in [3.63, 3.8) is 0 Å². The topological polar surface area (TPSA) is 9.23 Å². The Balaban J connectivity index is 2.17. The van der Waals surface area contributed by atoms with Crippen molar-refractivity contribution in [1.82, 2.24) is 0 Å². The zero-order chi connectivity index (χ0) is 7.23. The minimum absolute atomic E-state index is 0.213. The molecule has 1 atom stereocenters. The molecule has 1 nitrogen and oxygen atoms in total. The second-order valence-corrected chi connectivity index (χ2v) is 2.30. The molecule has 0 heterocycles. The molecule has 1 unspecified atom stereocenters. The second kappa shape index (κ2) is 4.29. The van der Waals surface area contributed by atoms with Gasteiger partial charge in [0.05, 0.1) is 6.10 Å². The lowest BCUT2D eigenvalue weighted by atomic mass is 10.1. The van der Waals surface area contributed by atoms with E-state index in [0.29, 0.717) is 0 Å². The summed E-state index contributed by atoms with van der Waals surface area (Å²) in [5.41, 5.74) is 0. The molecule has 1 rings (SSSR count). The molecule has 0 saturated heterocycles. The van der Waals surface area contributed by atoms with Gasteiger partial charge in [0.2, 0.25) is 0 Å². The fraction of sp³-hybridized carbons (Fsp3) is 0.444. The highest BCUT2D eigenvalue weighted by atomic mass is 16.5. The van der Waals surface area contributed by atoms with Crippen molar-refractivity contribution in [2.24, 2.45) is 0 Å². The summed E-state index contributed by atoms with van der Waals surface area (Å²) in [5.74, 6) is 0. The Labute approximate surface area is 62.4 Å². The molecule has 1 aliphatic rings. The molecule has 1 aliphatic carbocycles. The summed E-state index contributed by atoms with van der Waals surface area (Å²) >= 11 is 0. The van der Waals surface area contributed by atoms with Crippen LogP contribution >= 0.6 is 0 Å². The quantitative estimate of drug-likeness (QED) is 0.579. The Hall–Kier alpha value is -0.560. The molecule has 0 fully saturated rings. The number of ether oxygens (including phenoxy) is 1. The largest absolute Gasteiger partial charge is 0.374 e. The summed E-state index contributed by atoms with van der Waals surface area (Å²) in [6.07, 6.45) is 11.4. The van der Waals surface area contributed by atoms with Crippen molar-refractivity contribution in [2.45, 2.75) is 19.4 Å². The molecule has 0 spiro atoms. The van der Waals surface area contributed by atoms with Gasteiger partial charge in [0, 0.05) is 13.0 Å². The minimum atomic E-state index is 0.213. The second-order valence-electron chi connectivity index (χ2n) is 2.30. The third-order valence-corrected chi connectivity index (χ3v) is 1.34. The van der Waals surface area contributed by atoms with E-state index in [1.165, 1.54) is 0 Å². The standard InChI is InChI=1S/C9H13O/c1-2-8-10-9-6-4-3-5-7-9/h3-7,9H,2,8H2,1H3. The average Bonchev–Trinajstić information content (AvgIpc) is 2.03.